The second kappa shape index (κ2) is 6.73. The molecule has 2 rings (SSSR count). The van der Waals surface area contributed by atoms with Gasteiger partial charge in [0.2, 0.25) is 0 Å². The molecule has 2 aliphatic rings. The predicted molar refractivity (Wildman–Crippen MR) is 86.0 cm³/mol. The third-order valence-electron chi connectivity index (χ3n) is 5.38. The topological polar surface area (TPSA) is 35.7 Å². The van der Waals surface area contributed by atoms with Crippen molar-refractivity contribution in [3.63, 3.8) is 0 Å². The lowest BCUT2D eigenvalue weighted by atomic mass is 9.89. The minimum absolute atomic E-state index is 0.257. The highest BCUT2D eigenvalue weighted by Crippen LogP contribution is 2.32. The highest BCUT2D eigenvalue weighted by atomic mass is 15.3. The number of likely N-dealkylation sites (tertiary alicyclic amines) is 2. The van der Waals surface area contributed by atoms with Gasteiger partial charge in [-0.3, -0.25) is 9.80 Å². The summed E-state index contributed by atoms with van der Waals surface area (Å²) in [5.41, 5.74) is 6.46. The van der Waals surface area contributed by atoms with Crippen LogP contribution in [0.15, 0.2) is 0 Å². The predicted octanol–water partition coefficient (Wildman–Crippen LogP) is 1.07. The average molecular weight is 282 g/mol. The highest BCUT2D eigenvalue weighted by Gasteiger charge is 2.43. The lowest BCUT2D eigenvalue weighted by Crippen LogP contribution is -2.58. The Bertz CT molecular complexity index is 297. The zero-order valence-electron chi connectivity index (χ0n) is 13.9. The molecule has 4 heteroatoms. The molecule has 2 heterocycles. The lowest BCUT2D eigenvalue weighted by molar-refractivity contribution is 0.0522. The third-order valence-corrected chi connectivity index (χ3v) is 5.38. The molecule has 2 N–H and O–H groups in total. The van der Waals surface area contributed by atoms with Gasteiger partial charge in [0.15, 0.2) is 0 Å². The number of piperidine rings is 1. The molecule has 0 radical (unpaired) electrons. The maximum absolute atomic E-state index is 6.20. The first-order chi connectivity index (χ1) is 9.47. The van der Waals surface area contributed by atoms with Gasteiger partial charge in [0.25, 0.3) is 0 Å². The minimum atomic E-state index is 0.257. The second-order valence-electron chi connectivity index (χ2n) is 7.44. The first-order valence-electron chi connectivity index (χ1n) is 8.31. The maximum atomic E-state index is 6.20. The molecule has 0 aliphatic carbocycles. The molecule has 2 fully saturated rings. The first-order valence-corrected chi connectivity index (χ1v) is 8.31. The highest BCUT2D eigenvalue weighted by molar-refractivity contribution is 5.01. The molecule has 0 aromatic heterocycles. The molecule has 1 unspecified atom stereocenters. The fourth-order valence-corrected chi connectivity index (χ4v) is 3.99. The van der Waals surface area contributed by atoms with Crippen LogP contribution in [0.3, 0.4) is 0 Å². The van der Waals surface area contributed by atoms with Gasteiger partial charge >= 0.3 is 0 Å². The van der Waals surface area contributed by atoms with E-state index in [1.165, 1.54) is 52.0 Å². The second-order valence-corrected chi connectivity index (χ2v) is 7.44. The van der Waals surface area contributed by atoms with Gasteiger partial charge in [-0.15, -0.1) is 0 Å². The lowest BCUT2D eigenvalue weighted by Gasteiger charge is -2.45. The maximum Gasteiger partial charge on any atom is 0.0470 e. The zero-order valence-corrected chi connectivity index (χ0v) is 13.9. The van der Waals surface area contributed by atoms with Crippen LogP contribution in [0.25, 0.3) is 0 Å². The number of nitrogens with two attached hydrogens (primary N) is 1. The molecule has 2 aliphatic heterocycles. The summed E-state index contributed by atoms with van der Waals surface area (Å²) in [4.78, 5) is 7.63. The van der Waals surface area contributed by atoms with E-state index in [2.05, 4.69) is 42.6 Å². The Morgan fingerprint density at radius 2 is 1.85 bits per heavy atom. The molecule has 0 amide bonds. The molecule has 0 bridgehead atoms. The summed E-state index contributed by atoms with van der Waals surface area (Å²) in [6.07, 6.45) is 3.92. The molecule has 20 heavy (non-hydrogen) atoms. The molecule has 0 aromatic rings. The van der Waals surface area contributed by atoms with Crippen molar-refractivity contribution in [3.8, 4) is 0 Å². The van der Waals surface area contributed by atoms with Crippen LogP contribution in [0.5, 0.6) is 0 Å². The van der Waals surface area contributed by atoms with E-state index >= 15 is 0 Å². The van der Waals surface area contributed by atoms with Crippen molar-refractivity contribution in [1.82, 2.24) is 14.7 Å². The Morgan fingerprint density at radius 1 is 1.20 bits per heavy atom. The van der Waals surface area contributed by atoms with E-state index < -0.39 is 0 Å². The van der Waals surface area contributed by atoms with Gasteiger partial charge in [-0.25, -0.2) is 0 Å². The monoisotopic (exact) mass is 282 g/mol. The van der Waals surface area contributed by atoms with Gasteiger partial charge in [0, 0.05) is 37.8 Å². The van der Waals surface area contributed by atoms with Crippen molar-refractivity contribution in [3.05, 3.63) is 0 Å². The van der Waals surface area contributed by atoms with Gasteiger partial charge in [0.05, 0.1) is 0 Å². The van der Waals surface area contributed by atoms with Crippen LogP contribution in [0.1, 0.15) is 33.1 Å². The molecule has 0 saturated carbocycles. The number of nitrogens with zero attached hydrogens (tertiary/aromatic N) is 3. The zero-order chi connectivity index (χ0) is 14.8. The van der Waals surface area contributed by atoms with E-state index in [1.807, 2.05) is 0 Å². The van der Waals surface area contributed by atoms with Crippen molar-refractivity contribution in [2.75, 3.05) is 53.4 Å². The molecular weight excluding hydrogens is 248 g/mol. The van der Waals surface area contributed by atoms with Gasteiger partial charge in [-0.2, -0.15) is 0 Å². The van der Waals surface area contributed by atoms with Gasteiger partial charge in [-0.1, -0.05) is 0 Å². The van der Waals surface area contributed by atoms with E-state index in [4.69, 9.17) is 5.73 Å². The quantitative estimate of drug-likeness (QED) is 0.818. The minimum Gasteiger partial charge on any atom is -0.329 e. The summed E-state index contributed by atoms with van der Waals surface area (Å²) in [6, 6.07) is 0.648. The van der Waals surface area contributed by atoms with Crippen LogP contribution in [-0.2, 0) is 0 Å². The molecule has 0 aromatic carbocycles. The SMILES string of the molecule is CC(C)N1CCC(CN)(N2CCC(CN(C)C)CC2)C1. The fourth-order valence-electron chi connectivity index (χ4n) is 3.99. The molecule has 1 atom stereocenters. The van der Waals surface area contributed by atoms with Crippen molar-refractivity contribution < 1.29 is 0 Å². The van der Waals surface area contributed by atoms with Crippen molar-refractivity contribution in [2.24, 2.45) is 11.7 Å². The molecule has 2 saturated heterocycles. The Hall–Kier alpha value is -0.160. The Labute approximate surface area is 125 Å². The molecular formula is C16H34N4. The summed E-state index contributed by atoms with van der Waals surface area (Å²) < 4.78 is 0. The van der Waals surface area contributed by atoms with E-state index in [1.54, 1.807) is 0 Å². The van der Waals surface area contributed by atoms with E-state index in [9.17, 15) is 0 Å². The van der Waals surface area contributed by atoms with Gasteiger partial charge < -0.3 is 10.6 Å². The van der Waals surface area contributed by atoms with Crippen LogP contribution in [0.2, 0.25) is 0 Å². The summed E-state index contributed by atoms with van der Waals surface area (Å²) in [7, 11) is 4.37. The number of hydrogen-bond donors (Lipinski definition) is 1. The van der Waals surface area contributed by atoms with Crippen LogP contribution in [0.4, 0.5) is 0 Å². The summed E-state index contributed by atoms with van der Waals surface area (Å²) in [5.74, 6) is 0.874. The van der Waals surface area contributed by atoms with Gasteiger partial charge in [-0.05, 0) is 66.2 Å². The van der Waals surface area contributed by atoms with Crippen LogP contribution >= 0.6 is 0 Å². The van der Waals surface area contributed by atoms with Crippen molar-refractivity contribution >= 4 is 0 Å². The summed E-state index contributed by atoms with van der Waals surface area (Å²) in [5, 5.41) is 0. The van der Waals surface area contributed by atoms with Crippen LogP contribution < -0.4 is 5.73 Å². The normalized spacial score (nSPS) is 30.8. The summed E-state index contributed by atoms with van der Waals surface area (Å²) >= 11 is 0. The standard InChI is InChI=1S/C16H34N4/c1-14(2)19-10-7-16(12-17,13-19)20-8-5-15(6-9-20)11-18(3)4/h14-15H,5-13,17H2,1-4H3. The third kappa shape index (κ3) is 3.53. The largest absolute Gasteiger partial charge is 0.329 e. The number of rotatable bonds is 5. The average Bonchev–Trinajstić information content (AvgIpc) is 2.85. The fraction of sp³-hybridized carbons (Fsp3) is 1.00. The molecule has 0 spiro atoms. The van der Waals surface area contributed by atoms with E-state index in [0.29, 0.717) is 6.04 Å². The van der Waals surface area contributed by atoms with Crippen molar-refractivity contribution in [1.29, 1.82) is 0 Å². The Balaban J connectivity index is 1.91. The smallest absolute Gasteiger partial charge is 0.0470 e. The van der Waals surface area contributed by atoms with E-state index in [0.717, 1.165) is 12.5 Å². The summed E-state index contributed by atoms with van der Waals surface area (Å²) in [6.45, 7) is 11.5. The number of hydrogen-bond acceptors (Lipinski definition) is 4. The van der Waals surface area contributed by atoms with E-state index in [-0.39, 0.29) is 5.54 Å². The van der Waals surface area contributed by atoms with Crippen LogP contribution in [0, 0.1) is 5.92 Å². The Morgan fingerprint density at radius 3 is 2.30 bits per heavy atom. The van der Waals surface area contributed by atoms with Gasteiger partial charge in [0.1, 0.15) is 0 Å². The first kappa shape index (κ1) is 16.2. The Kier molecular flexibility index (Phi) is 5.46. The van der Waals surface area contributed by atoms with Crippen LogP contribution in [-0.4, -0.2) is 79.6 Å². The molecule has 118 valence electrons. The molecule has 4 nitrogen and oxygen atoms in total. The van der Waals surface area contributed by atoms with Crippen molar-refractivity contribution in [2.45, 2.75) is 44.7 Å².